The van der Waals surface area contributed by atoms with Gasteiger partial charge in [-0.15, -0.1) is 0 Å². The zero-order valence-electron chi connectivity index (χ0n) is 12.1. The quantitative estimate of drug-likeness (QED) is 0.469. The normalized spacial score (nSPS) is 20.2. The van der Waals surface area contributed by atoms with Crippen molar-refractivity contribution >= 4 is 12.0 Å². The Kier molecular flexibility index (Phi) is 4.24. The van der Waals surface area contributed by atoms with E-state index in [0.29, 0.717) is 30.6 Å². The van der Waals surface area contributed by atoms with E-state index in [4.69, 9.17) is 14.2 Å². The Morgan fingerprint density at radius 1 is 1.52 bits per heavy atom. The first-order chi connectivity index (χ1) is 9.86. The van der Waals surface area contributed by atoms with Gasteiger partial charge in [-0.25, -0.2) is 0 Å². The molecule has 21 heavy (non-hydrogen) atoms. The van der Waals surface area contributed by atoms with Crippen molar-refractivity contribution in [3.05, 3.63) is 33.4 Å². The van der Waals surface area contributed by atoms with Crippen molar-refractivity contribution in [2.24, 2.45) is 0 Å². The van der Waals surface area contributed by atoms with Gasteiger partial charge in [0.2, 0.25) is 0 Å². The lowest BCUT2D eigenvalue weighted by atomic mass is 10.0. The molecule has 0 saturated carbocycles. The van der Waals surface area contributed by atoms with E-state index in [0.717, 1.165) is 0 Å². The van der Waals surface area contributed by atoms with E-state index in [9.17, 15) is 14.9 Å². The minimum atomic E-state index is -0.660. The van der Waals surface area contributed by atoms with Gasteiger partial charge in [0, 0.05) is 18.1 Å². The highest BCUT2D eigenvalue weighted by Crippen LogP contribution is 2.31. The summed E-state index contributed by atoms with van der Waals surface area (Å²) in [6.45, 7) is 4.02. The molecule has 7 heteroatoms. The molecular weight excluding hydrogens is 278 g/mol. The highest BCUT2D eigenvalue weighted by Gasteiger charge is 2.33. The first-order valence-electron chi connectivity index (χ1n) is 6.48. The van der Waals surface area contributed by atoms with Gasteiger partial charge in [0.25, 0.3) is 5.69 Å². The smallest absolute Gasteiger partial charge is 0.280 e. The van der Waals surface area contributed by atoms with Gasteiger partial charge >= 0.3 is 0 Å². The Morgan fingerprint density at radius 3 is 2.71 bits per heavy atom. The summed E-state index contributed by atoms with van der Waals surface area (Å²) in [4.78, 5) is 21.4. The second-order valence-corrected chi connectivity index (χ2v) is 5.25. The predicted octanol–water partition coefficient (Wildman–Crippen LogP) is 2.11. The number of methoxy groups -OCH3 is 1. The van der Waals surface area contributed by atoms with Crippen molar-refractivity contribution in [3.63, 3.8) is 0 Å². The van der Waals surface area contributed by atoms with Crippen LogP contribution >= 0.6 is 0 Å². The zero-order valence-corrected chi connectivity index (χ0v) is 12.1. The van der Waals surface area contributed by atoms with Crippen LogP contribution in [0.3, 0.4) is 0 Å². The zero-order chi connectivity index (χ0) is 15.6. The van der Waals surface area contributed by atoms with Crippen LogP contribution in [-0.4, -0.2) is 36.8 Å². The molecule has 114 valence electrons. The maximum absolute atomic E-state index is 11.0. The number of carbonyl (C=O) groups excluding carboxylic acids is 1. The monoisotopic (exact) mass is 295 g/mol. The van der Waals surface area contributed by atoms with E-state index >= 15 is 0 Å². The topological polar surface area (TPSA) is 87.9 Å². The number of carbonyl (C=O) groups is 1. The fourth-order valence-corrected chi connectivity index (χ4v) is 2.34. The molecule has 1 unspecified atom stereocenters. The molecular formula is C14H17NO6. The third kappa shape index (κ3) is 3.37. The van der Waals surface area contributed by atoms with Crippen LogP contribution in [0, 0.1) is 10.1 Å². The van der Waals surface area contributed by atoms with Gasteiger partial charge < -0.3 is 14.2 Å². The summed E-state index contributed by atoms with van der Waals surface area (Å²) in [5.41, 5.74) is 0.365. The lowest BCUT2D eigenvalue weighted by Crippen LogP contribution is -2.22. The van der Waals surface area contributed by atoms with Gasteiger partial charge in [-0.1, -0.05) is 0 Å². The molecule has 1 aromatic rings. The van der Waals surface area contributed by atoms with E-state index in [1.807, 2.05) is 13.8 Å². The molecule has 0 bridgehead atoms. The Bertz CT molecular complexity index is 569. The molecule has 2 rings (SSSR count). The van der Waals surface area contributed by atoms with Crippen LogP contribution in [0.2, 0.25) is 0 Å². The summed E-state index contributed by atoms with van der Waals surface area (Å²) in [5.74, 6) is -0.233. The lowest BCUT2D eigenvalue weighted by Gasteiger charge is -2.17. The van der Waals surface area contributed by atoms with Crippen molar-refractivity contribution in [1.29, 1.82) is 0 Å². The highest BCUT2D eigenvalue weighted by atomic mass is 16.7. The van der Waals surface area contributed by atoms with Crippen LogP contribution < -0.4 is 4.74 Å². The van der Waals surface area contributed by atoms with Gasteiger partial charge in [0.15, 0.2) is 12.1 Å². The van der Waals surface area contributed by atoms with Gasteiger partial charge in [0.1, 0.15) is 5.75 Å². The summed E-state index contributed by atoms with van der Waals surface area (Å²) in [5, 5.41) is 11.0. The Balaban J connectivity index is 2.32. The fourth-order valence-electron chi connectivity index (χ4n) is 2.34. The van der Waals surface area contributed by atoms with Crippen molar-refractivity contribution in [2.45, 2.75) is 32.2 Å². The summed E-state index contributed by atoms with van der Waals surface area (Å²) in [6, 6.07) is 2.73. The largest absolute Gasteiger partial charge is 0.496 e. The third-order valence-electron chi connectivity index (χ3n) is 3.27. The highest BCUT2D eigenvalue weighted by molar-refractivity contribution is 5.82. The van der Waals surface area contributed by atoms with Crippen LogP contribution in [0.4, 0.5) is 5.69 Å². The molecule has 0 radical (unpaired) electrons. The van der Waals surface area contributed by atoms with Gasteiger partial charge in [-0.3, -0.25) is 14.9 Å². The van der Waals surface area contributed by atoms with Gasteiger partial charge in [-0.05, 0) is 19.9 Å². The van der Waals surface area contributed by atoms with Gasteiger partial charge in [0.05, 0.1) is 30.3 Å². The fraction of sp³-hybridized carbons (Fsp3) is 0.500. The molecule has 0 aromatic heterocycles. The average molecular weight is 295 g/mol. The van der Waals surface area contributed by atoms with Crippen molar-refractivity contribution in [2.75, 3.05) is 13.7 Å². The molecule has 1 aliphatic rings. The molecule has 1 aliphatic heterocycles. The maximum Gasteiger partial charge on any atom is 0.280 e. The van der Waals surface area contributed by atoms with Crippen LogP contribution in [0.5, 0.6) is 5.75 Å². The number of ether oxygens (including phenoxy) is 3. The maximum atomic E-state index is 11.0. The van der Waals surface area contributed by atoms with E-state index in [2.05, 4.69) is 0 Å². The molecule has 1 fully saturated rings. The number of hydrogen-bond acceptors (Lipinski definition) is 6. The Hall–Kier alpha value is -1.99. The van der Waals surface area contributed by atoms with E-state index in [1.54, 1.807) is 0 Å². The number of nitro benzene ring substituents is 1. The number of aldehydes is 1. The molecule has 1 heterocycles. The van der Waals surface area contributed by atoms with Crippen molar-refractivity contribution in [1.82, 2.24) is 0 Å². The Labute approximate surface area is 122 Å². The van der Waals surface area contributed by atoms with Crippen molar-refractivity contribution in [3.8, 4) is 5.75 Å². The first-order valence-corrected chi connectivity index (χ1v) is 6.48. The molecule has 1 atom stereocenters. The third-order valence-corrected chi connectivity index (χ3v) is 3.27. The predicted molar refractivity (Wildman–Crippen MR) is 73.6 cm³/mol. The second-order valence-electron chi connectivity index (χ2n) is 5.25. The number of nitro groups is 1. The van der Waals surface area contributed by atoms with Crippen LogP contribution in [0.15, 0.2) is 12.1 Å². The molecule has 0 amide bonds. The Morgan fingerprint density at radius 2 is 2.24 bits per heavy atom. The standard InChI is InChI=1S/C14H17NO6/c1-14(2)20-8-11(21-14)4-9-5-12(15(17)18)10(7-16)6-13(9)19-3/h5-7,11H,4,8H2,1-3H3. The number of benzene rings is 1. The van der Waals surface area contributed by atoms with E-state index < -0.39 is 10.7 Å². The molecule has 0 aliphatic carbocycles. The van der Waals surface area contributed by atoms with Gasteiger partial charge in [-0.2, -0.15) is 0 Å². The summed E-state index contributed by atoms with van der Waals surface area (Å²) in [7, 11) is 1.45. The molecule has 1 saturated heterocycles. The second kappa shape index (κ2) is 5.79. The molecule has 1 aromatic carbocycles. The van der Waals surface area contributed by atoms with Crippen LogP contribution in [-0.2, 0) is 15.9 Å². The number of rotatable bonds is 5. The number of hydrogen-bond donors (Lipinski definition) is 0. The molecule has 0 N–H and O–H groups in total. The molecule has 7 nitrogen and oxygen atoms in total. The SMILES string of the molecule is COc1cc(C=O)c([N+](=O)[O-])cc1CC1COC(C)(C)O1. The minimum absolute atomic E-state index is 0.00970. The summed E-state index contributed by atoms with van der Waals surface area (Å²) < 4.78 is 16.4. The van der Waals surface area contributed by atoms with Crippen molar-refractivity contribution < 1.29 is 23.9 Å². The lowest BCUT2D eigenvalue weighted by molar-refractivity contribution is -0.385. The van der Waals surface area contributed by atoms with E-state index in [1.165, 1.54) is 19.2 Å². The summed E-state index contributed by atoms with van der Waals surface area (Å²) >= 11 is 0. The van der Waals surface area contributed by atoms with Crippen LogP contribution in [0.1, 0.15) is 29.8 Å². The molecule has 0 spiro atoms. The number of nitrogens with zero attached hydrogens (tertiary/aromatic N) is 1. The minimum Gasteiger partial charge on any atom is -0.496 e. The average Bonchev–Trinajstić information content (AvgIpc) is 2.77. The van der Waals surface area contributed by atoms with E-state index in [-0.39, 0.29) is 17.4 Å². The summed E-state index contributed by atoms with van der Waals surface area (Å²) in [6.07, 6.45) is 0.644. The first kappa shape index (κ1) is 15.4. The van der Waals surface area contributed by atoms with Crippen LogP contribution in [0.25, 0.3) is 0 Å².